The summed E-state index contributed by atoms with van der Waals surface area (Å²) in [6, 6.07) is 3.51. The molecular formula is C23H26N4O2S. The smallest absolute Gasteiger partial charge is 0.289 e. The van der Waals surface area contributed by atoms with E-state index in [-0.39, 0.29) is 5.91 Å². The molecule has 1 saturated carbocycles. The summed E-state index contributed by atoms with van der Waals surface area (Å²) in [5.74, 6) is 3.09. The first-order valence-electron chi connectivity index (χ1n) is 11.2. The van der Waals surface area contributed by atoms with Crippen LogP contribution in [0.5, 0.6) is 0 Å². The molecule has 30 heavy (non-hydrogen) atoms. The van der Waals surface area contributed by atoms with Gasteiger partial charge in [0.05, 0.1) is 11.6 Å². The number of piperazine rings is 1. The van der Waals surface area contributed by atoms with E-state index in [1.165, 1.54) is 59.2 Å². The molecule has 3 aromatic rings. The lowest BCUT2D eigenvalue weighted by atomic mass is 10.1. The summed E-state index contributed by atoms with van der Waals surface area (Å²) in [5, 5.41) is 1.30. The third-order valence-electron chi connectivity index (χ3n) is 6.60. The minimum absolute atomic E-state index is 0.0180. The summed E-state index contributed by atoms with van der Waals surface area (Å²) >= 11 is 1.90. The SMILES string of the molecule is O=C(c1ccco1)N1CCN(c2nc(C3CC3)nc3sc4c(c23)CCCCC4)CC1. The molecule has 7 heteroatoms. The maximum atomic E-state index is 12.6. The van der Waals surface area contributed by atoms with E-state index in [0.717, 1.165) is 31.2 Å². The molecule has 0 spiro atoms. The van der Waals surface area contributed by atoms with Crippen LogP contribution in [0.3, 0.4) is 0 Å². The van der Waals surface area contributed by atoms with Gasteiger partial charge in [0, 0.05) is 37.0 Å². The molecule has 1 aliphatic heterocycles. The van der Waals surface area contributed by atoms with Crippen molar-refractivity contribution in [2.45, 2.75) is 50.9 Å². The van der Waals surface area contributed by atoms with Crippen LogP contribution in [-0.2, 0) is 12.8 Å². The van der Waals surface area contributed by atoms with E-state index >= 15 is 0 Å². The number of aromatic nitrogens is 2. The van der Waals surface area contributed by atoms with Crippen LogP contribution >= 0.6 is 11.3 Å². The second-order valence-corrected chi connectivity index (χ2v) is 9.76. The fraction of sp³-hybridized carbons (Fsp3) is 0.522. The monoisotopic (exact) mass is 422 g/mol. The van der Waals surface area contributed by atoms with Gasteiger partial charge in [-0.3, -0.25) is 4.79 Å². The summed E-state index contributed by atoms with van der Waals surface area (Å²) in [6.07, 6.45) is 10.2. The van der Waals surface area contributed by atoms with Gasteiger partial charge in [-0.1, -0.05) is 6.42 Å². The Balaban J connectivity index is 1.33. The number of nitrogens with zero attached hydrogens (tertiary/aromatic N) is 4. The Morgan fingerprint density at radius 2 is 1.90 bits per heavy atom. The first-order chi connectivity index (χ1) is 14.8. The van der Waals surface area contributed by atoms with Crippen LogP contribution in [0, 0.1) is 0 Å². The number of hydrogen-bond acceptors (Lipinski definition) is 6. The Kier molecular flexibility index (Phi) is 4.52. The Hall–Kier alpha value is -2.41. The maximum Gasteiger partial charge on any atom is 0.289 e. The Labute approximate surface area is 179 Å². The summed E-state index contributed by atoms with van der Waals surface area (Å²) in [6.45, 7) is 2.98. The molecule has 1 saturated heterocycles. The van der Waals surface area contributed by atoms with Crippen LogP contribution in [0.2, 0.25) is 0 Å². The molecule has 3 aromatic heterocycles. The first-order valence-corrected chi connectivity index (χ1v) is 12.0. The van der Waals surface area contributed by atoms with Crippen molar-refractivity contribution >= 4 is 33.3 Å². The average molecular weight is 423 g/mol. The normalized spacial score (nSPS) is 19.7. The molecule has 3 aliphatic rings. The van der Waals surface area contributed by atoms with Crippen LogP contribution in [0.25, 0.3) is 10.2 Å². The number of carbonyl (C=O) groups is 1. The quantitative estimate of drug-likeness (QED) is 0.586. The van der Waals surface area contributed by atoms with Gasteiger partial charge < -0.3 is 14.2 Å². The van der Waals surface area contributed by atoms with Gasteiger partial charge in [-0.15, -0.1) is 11.3 Å². The van der Waals surface area contributed by atoms with Gasteiger partial charge in [-0.05, 0) is 56.2 Å². The molecule has 156 valence electrons. The summed E-state index contributed by atoms with van der Waals surface area (Å²) in [5.41, 5.74) is 1.50. The minimum Gasteiger partial charge on any atom is -0.459 e. The predicted octanol–water partition coefficient (Wildman–Crippen LogP) is 4.39. The predicted molar refractivity (Wildman–Crippen MR) is 117 cm³/mol. The number of carbonyl (C=O) groups excluding carboxylic acids is 1. The number of fused-ring (bicyclic) bond motifs is 3. The highest BCUT2D eigenvalue weighted by Gasteiger charge is 2.32. The van der Waals surface area contributed by atoms with E-state index in [0.29, 0.717) is 24.8 Å². The Bertz CT molecular complexity index is 1080. The van der Waals surface area contributed by atoms with E-state index in [4.69, 9.17) is 14.4 Å². The zero-order chi connectivity index (χ0) is 20.1. The third-order valence-corrected chi connectivity index (χ3v) is 7.79. The van der Waals surface area contributed by atoms with Gasteiger partial charge in [-0.25, -0.2) is 9.97 Å². The molecule has 0 aromatic carbocycles. The molecular weight excluding hydrogens is 396 g/mol. The number of furan rings is 1. The van der Waals surface area contributed by atoms with Gasteiger partial charge >= 0.3 is 0 Å². The molecule has 0 atom stereocenters. The van der Waals surface area contributed by atoms with E-state index in [1.807, 2.05) is 16.2 Å². The first kappa shape index (κ1) is 18.4. The van der Waals surface area contributed by atoms with E-state index in [2.05, 4.69) is 4.90 Å². The number of thiophene rings is 1. The highest BCUT2D eigenvalue weighted by molar-refractivity contribution is 7.19. The highest BCUT2D eigenvalue weighted by Crippen LogP contribution is 2.44. The molecule has 4 heterocycles. The van der Waals surface area contributed by atoms with Crippen LogP contribution < -0.4 is 4.90 Å². The van der Waals surface area contributed by atoms with Crippen molar-refractivity contribution in [3.63, 3.8) is 0 Å². The van der Waals surface area contributed by atoms with Crippen molar-refractivity contribution < 1.29 is 9.21 Å². The Morgan fingerprint density at radius 1 is 1.07 bits per heavy atom. The fourth-order valence-corrected chi connectivity index (χ4v) is 6.02. The molecule has 2 aliphatic carbocycles. The molecule has 0 radical (unpaired) electrons. The second-order valence-electron chi connectivity index (χ2n) is 8.68. The zero-order valence-corrected chi connectivity index (χ0v) is 17.9. The van der Waals surface area contributed by atoms with Crippen molar-refractivity contribution in [3.8, 4) is 0 Å². The van der Waals surface area contributed by atoms with Crippen LogP contribution in [-0.4, -0.2) is 47.0 Å². The fourth-order valence-electron chi connectivity index (χ4n) is 4.76. The van der Waals surface area contributed by atoms with Crippen LogP contribution in [0.4, 0.5) is 5.82 Å². The maximum absolute atomic E-state index is 12.6. The largest absolute Gasteiger partial charge is 0.459 e. The molecule has 6 nitrogen and oxygen atoms in total. The van der Waals surface area contributed by atoms with Gasteiger partial charge in [0.25, 0.3) is 5.91 Å². The van der Waals surface area contributed by atoms with Gasteiger partial charge in [0.1, 0.15) is 16.5 Å². The van der Waals surface area contributed by atoms with Crippen molar-refractivity contribution in [2.24, 2.45) is 0 Å². The molecule has 1 amide bonds. The van der Waals surface area contributed by atoms with Gasteiger partial charge in [0.2, 0.25) is 0 Å². The van der Waals surface area contributed by atoms with Crippen molar-refractivity contribution in [3.05, 3.63) is 40.4 Å². The number of hydrogen-bond donors (Lipinski definition) is 0. The van der Waals surface area contributed by atoms with Gasteiger partial charge in [0.15, 0.2) is 5.76 Å². The lowest BCUT2D eigenvalue weighted by Crippen LogP contribution is -2.49. The number of anilines is 1. The summed E-state index contributed by atoms with van der Waals surface area (Å²) in [7, 11) is 0. The van der Waals surface area contributed by atoms with E-state index < -0.39 is 0 Å². The van der Waals surface area contributed by atoms with Crippen molar-refractivity contribution in [2.75, 3.05) is 31.1 Å². The summed E-state index contributed by atoms with van der Waals surface area (Å²) < 4.78 is 5.31. The minimum atomic E-state index is -0.0180. The van der Waals surface area contributed by atoms with Crippen LogP contribution in [0.1, 0.15) is 64.8 Å². The standard InChI is InChI=1S/C23H26N4O2S/c28-23(17-6-4-14-29-17)27-12-10-26(11-13-27)21-19-16-5-2-1-3-7-18(16)30-22(19)25-20(24-21)15-8-9-15/h4,6,14-15H,1-3,5,7-13H2. The molecule has 6 rings (SSSR count). The molecule has 0 N–H and O–H groups in total. The molecule has 2 fully saturated rings. The highest BCUT2D eigenvalue weighted by atomic mass is 32.1. The summed E-state index contributed by atoms with van der Waals surface area (Å²) in [4.78, 5) is 29.8. The Morgan fingerprint density at radius 3 is 2.67 bits per heavy atom. The lowest BCUT2D eigenvalue weighted by molar-refractivity contribution is 0.0714. The topological polar surface area (TPSA) is 62.5 Å². The number of aryl methyl sites for hydroxylation is 2. The lowest BCUT2D eigenvalue weighted by Gasteiger charge is -2.35. The molecule has 0 bridgehead atoms. The van der Waals surface area contributed by atoms with Crippen LogP contribution in [0.15, 0.2) is 22.8 Å². The average Bonchev–Trinajstić information content (AvgIpc) is 3.44. The van der Waals surface area contributed by atoms with Crippen molar-refractivity contribution in [1.82, 2.24) is 14.9 Å². The molecule has 0 unspecified atom stereocenters. The van der Waals surface area contributed by atoms with Gasteiger partial charge in [-0.2, -0.15) is 0 Å². The van der Waals surface area contributed by atoms with E-state index in [1.54, 1.807) is 18.4 Å². The zero-order valence-electron chi connectivity index (χ0n) is 17.1. The number of rotatable bonds is 3. The van der Waals surface area contributed by atoms with E-state index in [9.17, 15) is 4.79 Å². The van der Waals surface area contributed by atoms with Crippen molar-refractivity contribution in [1.29, 1.82) is 0 Å². The second kappa shape index (κ2) is 7.38. The third kappa shape index (κ3) is 3.20. The number of amides is 1.